The van der Waals surface area contributed by atoms with E-state index >= 15 is 0 Å². The maximum Gasteiger partial charge on any atom is 0.322 e. The number of carbonyl (C=O) groups is 2. The van der Waals surface area contributed by atoms with Crippen molar-refractivity contribution in [3.05, 3.63) is 11.9 Å². The lowest BCUT2D eigenvalue weighted by Gasteiger charge is -2.13. The van der Waals surface area contributed by atoms with Crippen molar-refractivity contribution in [3.8, 4) is 0 Å². The molecule has 0 radical (unpaired) electrons. The first-order chi connectivity index (χ1) is 8.38. The van der Waals surface area contributed by atoms with Gasteiger partial charge in [0.05, 0.1) is 5.25 Å². The van der Waals surface area contributed by atoms with Crippen LogP contribution in [0.5, 0.6) is 0 Å². The number of hydrogen-bond acceptors (Lipinski definition) is 3. The van der Waals surface area contributed by atoms with E-state index < -0.39 is 42.0 Å². The fourth-order valence-electron chi connectivity index (χ4n) is 1.04. The maximum atomic E-state index is 12.5. The first-order valence-corrected chi connectivity index (χ1v) is 6.24. The molecule has 1 atom stereocenters. The highest BCUT2D eigenvalue weighted by Crippen LogP contribution is 2.20. The van der Waals surface area contributed by atoms with Gasteiger partial charge in [0, 0.05) is 12.2 Å². The predicted molar refractivity (Wildman–Crippen MR) is 62.1 cm³/mol. The molecule has 8 heteroatoms. The minimum absolute atomic E-state index is 0.0299. The fourth-order valence-corrected chi connectivity index (χ4v) is 2.09. The quantitative estimate of drug-likeness (QED) is 0.717. The predicted octanol–water partition coefficient (Wildman–Crippen LogP) is 2.17. The first-order valence-electron chi connectivity index (χ1n) is 5.19. The zero-order chi connectivity index (χ0) is 14.1. The molecule has 0 saturated heterocycles. The van der Waals surface area contributed by atoms with Crippen molar-refractivity contribution < 1.29 is 27.9 Å². The second-order valence-corrected chi connectivity index (χ2v) is 4.61. The van der Waals surface area contributed by atoms with Crippen LogP contribution in [0.15, 0.2) is 11.9 Å². The van der Waals surface area contributed by atoms with Gasteiger partial charge in [-0.2, -0.15) is 8.78 Å². The van der Waals surface area contributed by atoms with Gasteiger partial charge in [0.25, 0.3) is 0 Å². The minimum atomic E-state index is -2.35. The molecule has 0 aromatic rings. The second-order valence-electron chi connectivity index (χ2n) is 3.29. The Kier molecular flexibility index (Phi) is 8.27. The molecule has 0 heterocycles. The number of nitrogens with one attached hydrogen (secondary N) is 1. The van der Waals surface area contributed by atoms with E-state index in [1.165, 1.54) is 0 Å². The molecule has 18 heavy (non-hydrogen) atoms. The average molecular weight is 285 g/mol. The third-order valence-corrected chi connectivity index (χ3v) is 3.31. The van der Waals surface area contributed by atoms with Gasteiger partial charge in [0.1, 0.15) is 6.54 Å². The number of carbonyl (C=O) groups excluding carboxylic acids is 1. The maximum absolute atomic E-state index is 12.5. The monoisotopic (exact) mass is 285 g/mol. The van der Waals surface area contributed by atoms with Gasteiger partial charge in [0.2, 0.25) is 5.91 Å². The highest BCUT2D eigenvalue weighted by atomic mass is 32.2. The van der Waals surface area contributed by atoms with Gasteiger partial charge < -0.3 is 10.4 Å². The molecule has 0 aliphatic carbocycles. The first kappa shape index (κ1) is 16.8. The molecule has 2 N–H and O–H groups in total. The molecule has 0 aromatic heterocycles. The number of carboxylic acids is 1. The third-order valence-electron chi connectivity index (χ3n) is 1.92. The summed E-state index contributed by atoms with van der Waals surface area (Å²) < 4.78 is 36.0. The van der Waals surface area contributed by atoms with Crippen LogP contribution < -0.4 is 5.32 Å². The van der Waals surface area contributed by atoms with Gasteiger partial charge in [-0.05, 0) is 6.42 Å². The smallest absolute Gasteiger partial charge is 0.322 e. The number of carboxylic acid groups (broad SMARTS) is 1. The van der Waals surface area contributed by atoms with Gasteiger partial charge >= 0.3 is 12.0 Å². The van der Waals surface area contributed by atoms with E-state index in [4.69, 9.17) is 5.11 Å². The summed E-state index contributed by atoms with van der Waals surface area (Å²) in [5.74, 6) is -3.11. The Morgan fingerprint density at radius 3 is 2.39 bits per heavy atom. The van der Waals surface area contributed by atoms with E-state index in [0.29, 0.717) is 6.42 Å². The van der Waals surface area contributed by atoms with Gasteiger partial charge in [-0.1, -0.05) is 6.92 Å². The number of hydrogen-bond donors (Lipinski definition) is 2. The molecule has 0 spiro atoms. The Bertz CT molecular complexity index is 332. The number of amides is 1. The van der Waals surface area contributed by atoms with Crippen molar-refractivity contribution >= 4 is 23.6 Å². The number of allylic oxidation sites excluding steroid dienone is 1. The van der Waals surface area contributed by atoms with Gasteiger partial charge in [-0.3, -0.25) is 9.59 Å². The average Bonchev–Trinajstić information content (AvgIpc) is 2.31. The summed E-state index contributed by atoms with van der Waals surface area (Å²) in [6.07, 6.45) is -2.39. The minimum Gasteiger partial charge on any atom is -0.480 e. The largest absolute Gasteiger partial charge is 0.480 e. The number of rotatable bonds is 8. The molecule has 0 saturated carbocycles. The van der Waals surface area contributed by atoms with Crippen LogP contribution in [0.2, 0.25) is 0 Å². The summed E-state index contributed by atoms with van der Waals surface area (Å²) in [5.41, 5.74) is 0. The lowest BCUT2D eigenvalue weighted by molar-refractivity contribution is -0.137. The Morgan fingerprint density at radius 1 is 1.33 bits per heavy atom. The molecule has 104 valence electrons. The van der Waals surface area contributed by atoms with Crippen LogP contribution in [-0.4, -0.2) is 34.5 Å². The van der Waals surface area contributed by atoms with E-state index in [1.807, 2.05) is 0 Å². The fraction of sp³-hybridized carbons (Fsp3) is 0.600. The summed E-state index contributed by atoms with van der Waals surface area (Å²) in [4.78, 5) is 21.7. The van der Waals surface area contributed by atoms with E-state index in [-0.39, 0.29) is 5.75 Å². The van der Waals surface area contributed by atoms with Gasteiger partial charge in [-0.25, -0.2) is 4.39 Å². The van der Waals surface area contributed by atoms with Crippen molar-refractivity contribution in [3.63, 3.8) is 0 Å². The van der Waals surface area contributed by atoms with Crippen LogP contribution in [0.3, 0.4) is 0 Å². The van der Waals surface area contributed by atoms with Crippen LogP contribution in [0.4, 0.5) is 13.2 Å². The Morgan fingerprint density at radius 2 is 1.94 bits per heavy atom. The molecule has 0 aliphatic rings. The van der Waals surface area contributed by atoms with Crippen molar-refractivity contribution in [1.82, 2.24) is 5.32 Å². The highest BCUT2D eigenvalue weighted by molar-refractivity contribution is 8.00. The standard InChI is InChI=1S/C10H14F3NO3S/c1-2-7(10(17)14-5-8(15)16)18-4-3-6(11)9(12)13/h7H,2-5H2,1H3,(H,14,17)(H,15,16)/t7-/m1/s1. The van der Waals surface area contributed by atoms with Crippen molar-refractivity contribution in [1.29, 1.82) is 0 Å². The molecule has 0 unspecified atom stereocenters. The summed E-state index contributed by atoms with van der Waals surface area (Å²) in [6.45, 7) is 1.20. The van der Waals surface area contributed by atoms with Crippen LogP contribution in [0, 0.1) is 0 Å². The number of halogens is 3. The molecular formula is C10H14F3NO3S. The van der Waals surface area contributed by atoms with Gasteiger partial charge in [-0.15, -0.1) is 11.8 Å². The summed E-state index contributed by atoms with van der Waals surface area (Å²) >= 11 is 1.01. The molecular weight excluding hydrogens is 271 g/mol. The molecule has 4 nitrogen and oxygen atoms in total. The van der Waals surface area contributed by atoms with Crippen LogP contribution in [0.25, 0.3) is 0 Å². The van der Waals surface area contributed by atoms with Crippen LogP contribution >= 0.6 is 11.8 Å². The SMILES string of the molecule is CC[C@@H](SCCC(F)=C(F)F)C(=O)NCC(=O)O. The lowest BCUT2D eigenvalue weighted by Crippen LogP contribution is -2.36. The molecule has 0 fully saturated rings. The summed E-state index contributed by atoms with van der Waals surface area (Å²) in [5, 5.41) is 9.98. The molecule has 0 bridgehead atoms. The van der Waals surface area contributed by atoms with Gasteiger partial charge in [0.15, 0.2) is 5.83 Å². The Hall–Kier alpha value is -1.18. The molecule has 1 amide bonds. The van der Waals surface area contributed by atoms with Crippen LogP contribution in [0.1, 0.15) is 19.8 Å². The summed E-state index contributed by atoms with van der Waals surface area (Å²) in [7, 11) is 0. The number of thioether (sulfide) groups is 1. The Balaban J connectivity index is 4.07. The molecule has 0 aliphatic heterocycles. The zero-order valence-electron chi connectivity index (χ0n) is 9.71. The third kappa shape index (κ3) is 7.21. The van der Waals surface area contributed by atoms with E-state index in [2.05, 4.69) is 5.32 Å². The second kappa shape index (κ2) is 8.84. The number of aliphatic carboxylic acids is 1. The van der Waals surface area contributed by atoms with E-state index in [1.54, 1.807) is 6.92 Å². The summed E-state index contributed by atoms with van der Waals surface area (Å²) in [6, 6.07) is 0. The van der Waals surface area contributed by atoms with Crippen molar-refractivity contribution in [2.75, 3.05) is 12.3 Å². The molecule has 0 rings (SSSR count). The Labute approximate surface area is 107 Å². The van der Waals surface area contributed by atoms with E-state index in [0.717, 1.165) is 11.8 Å². The van der Waals surface area contributed by atoms with Crippen molar-refractivity contribution in [2.24, 2.45) is 0 Å². The highest BCUT2D eigenvalue weighted by Gasteiger charge is 2.17. The van der Waals surface area contributed by atoms with Crippen LogP contribution in [-0.2, 0) is 9.59 Å². The zero-order valence-corrected chi connectivity index (χ0v) is 10.5. The normalized spacial score (nSPS) is 11.8. The topological polar surface area (TPSA) is 66.4 Å². The van der Waals surface area contributed by atoms with Crippen molar-refractivity contribution in [2.45, 2.75) is 25.0 Å². The van der Waals surface area contributed by atoms with E-state index in [9.17, 15) is 22.8 Å². The lowest BCUT2D eigenvalue weighted by atomic mass is 10.3. The molecule has 0 aromatic carbocycles.